The van der Waals surface area contributed by atoms with Gasteiger partial charge in [-0.25, -0.2) is 9.69 Å². The van der Waals surface area contributed by atoms with Gasteiger partial charge in [-0.15, -0.1) is 0 Å². The smallest absolute Gasteiger partial charge is 0.417 e. The van der Waals surface area contributed by atoms with Gasteiger partial charge in [-0.05, 0) is 74.7 Å². The van der Waals surface area contributed by atoms with E-state index in [9.17, 15) is 14.7 Å². The molecule has 0 bridgehead atoms. The lowest BCUT2D eigenvalue weighted by molar-refractivity contribution is 0.0365. The Labute approximate surface area is 237 Å². The fourth-order valence-electron chi connectivity index (χ4n) is 4.64. The van der Waals surface area contributed by atoms with Crippen molar-refractivity contribution in [1.29, 1.82) is 0 Å². The van der Waals surface area contributed by atoms with Gasteiger partial charge in [0.25, 0.3) is 5.91 Å². The van der Waals surface area contributed by atoms with Crippen LogP contribution in [0.1, 0.15) is 63.9 Å². The highest BCUT2D eigenvalue weighted by molar-refractivity contribution is 6.74. The lowest BCUT2D eigenvalue weighted by Crippen LogP contribution is -2.58. The van der Waals surface area contributed by atoms with Crippen molar-refractivity contribution in [2.24, 2.45) is 0 Å². The number of amides is 2. The number of anilines is 2. The maximum absolute atomic E-state index is 14.2. The summed E-state index contributed by atoms with van der Waals surface area (Å²) >= 11 is 0. The second kappa shape index (κ2) is 10.2. The van der Waals surface area contributed by atoms with Crippen molar-refractivity contribution in [3.8, 4) is 11.5 Å². The number of benzene rings is 2. The highest BCUT2D eigenvalue weighted by atomic mass is 28.4. The van der Waals surface area contributed by atoms with Crippen molar-refractivity contribution >= 4 is 37.3 Å². The molecule has 2 aliphatic rings. The molecule has 0 radical (unpaired) electrons. The number of fused-ring (bicyclic) bond motifs is 2. The molecule has 3 N–H and O–H groups in total. The number of hydrogen-bond donors (Lipinski definition) is 2. The van der Waals surface area contributed by atoms with Crippen LogP contribution in [0, 0.1) is 0 Å². The summed E-state index contributed by atoms with van der Waals surface area (Å²) in [6, 6.07) is 9.77. The molecule has 0 saturated carbocycles. The van der Waals surface area contributed by atoms with Crippen LogP contribution < -0.4 is 15.4 Å². The van der Waals surface area contributed by atoms with E-state index in [4.69, 9.17) is 19.6 Å². The summed E-state index contributed by atoms with van der Waals surface area (Å²) in [7, 11) is -1.11. The zero-order chi connectivity index (χ0) is 29.8. The van der Waals surface area contributed by atoms with Crippen LogP contribution in [0.3, 0.4) is 0 Å². The second-order valence-corrected chi connectivity index (χ2v) is 17.7. The van der Waals surface area contributed by atoms with Gasteiger partial charge in [-0.2, -0.15) is 0 Å². The molecule has 2 heterocycles. The number of carbonyl (C=O) groups excluding carboxylic acids is 2. The van der Waals surface area contributed by atoms with Gasteiger partial charge in [0.1, 0.15) is 5.60 Å². The highest BCUT2D eigenvalue weighted by Crippen LogP contribution is 2.46. The number of aromatic hydroxyl groups is 1. The number of nitrogen functional groups attached to an aromatic ring is 1. The minimum Gasteiger partial charge on any atom is -0.504 e. The Balaban J connectivity index is 1.96. The van der Waals surface area contributed by atoms with Crippen LogP contribution in [0.15, 0.2) is 42.6 Å². The number of rotatable bonds is 4. The van der Waals surface area contributed by atoms with Gasteiger partial charge in [0.05, 0.1) is 24.4 Å². The van der Waals surface area contributed by atoms with Crippen LogP contribution >= 0.6 is 0 Å². The summed E-state index contributed by atoms with van der Waals surface area (Å²) in [5.74, 6) is -0.411. The van der Waals surface area contributed by atoms with Gasteiger partial charge >= 0.3 is 6.09 Å². The number of nitrogens with two attached hydrogens (primary N) is 1. The molecule has 2 aromatic rings. The van der Waals surface area contributed by atoms with Gasteiger partial charge in [0, 0.05) is 18.0 Å². The Bertz CT molecular complexity index is 1340. The average molecular weight is 568 g/mol. The van der Waals surface area contributed by atoms with E-state index in [1.54, 1.807) is 25.7 Å². The molecule has 2 aliphatic heterocycles. The van der Waals surface area contributed by atoms with Crippen LogP contribution in [0.25, 0.3) is 5.57 Å². The largest absolute Gasteiger partial charge is 0.504 e. The molecule has 9 nitrogen and oxygen atoms in total. The molecular formula is C30H41N3O6Si. The predicted octanol–water partition coefficient (Wildman–Crippen LogP) is 6.34. The van der Waals surface area contributed by atoms with Crippen molar-refractivity contribution in [3.05, 3.63) is 53.7 Å². The number of phenolic OH excluding ortho intramolecular Hbond substituents is 1. The molecule has 10 heteroatoms. The quantitative estimate of drug-likeness (QED) is 0.327. The number of carbonyl (C=O) groups is 2. The molecule has 0 aliphatic carbocycles. The first kappa shape index (κ1) is 29.5. The van der Waals surface area contributed by atoms with Crippen LogP contribution in [0.4, 0.5) is 16.2 Å². The number of hydrogen-bond acceptors (Lipinski definition) is 7. The van der Waals surface area contributed by atoms with Crippen LogP contribution in [-0.2, 0) is 9.16 Å². The molecule has 2 aromatic carbocycles. The number of phenols is 1. The average Bonchev–Trinajstić information content (AvgIpc) is 3.24. The maximum atomic E-state index is 14.2. The topological polar surface area (TPSA) is 115 Å². The van der Waals surface area contributed by atoms with Crippen molar-refractivity contribution in [2.45, 2.75) is 84.0 Å². The van der Waals surface area contributed by atoms with E-state index in [0.717, 1.165) is 11.1 Å². The first-order valence-electron chi connectivity index (χ1n) is 13.4. The van der Waals surface area contributed by atoms with Crippen LogP contribution in [-0.4, -0.2) is 55.3 Å². The van der Waals surface area contributed by atoms with Gasteiger partial charge in [-0.1, -0.05) is 32.9 Å². The minimum atomic E-state index is -2.52. The second-order valence-electron chi connectivity index (χ2n) is 12.9. The first-order valence-corrected chi connectivity index (χ1v) is 16.3. The maximum Gasteiger partial charge on any atom is 0.417 e. The molecule has 0 saturated heterocycles. The van der Waals surface area contributed by atoms with Gasteiger partial charge < -0.3 is 29.6 Å². The van der Waals surface area contributed by atoms with Crippen LogP contribution in [0.2, 0.25) is 18.1 Å². The molecule has 2 amide bonds. The Morgan fingerprint density at radius 2 is 1.70 bits per heavy atom. The van der Waals surface area contributed by atoms with Crippen molar-refractivity contribution in [2.75, 3.05) is 17.7 Å². The Morgan fingerprint density at radius 1 is 1.07 bits per heavy atom. The van der Waals surface area contributed by atoms with Crippen LogP contribution in [0.5, 0.6) is 11.5 Å². The summed E-state index contributed by atoms with van der Waals surface area (Å²) in [4.78, 5) is 31.2. The molecule has 216 valence electrons. The Hall–Kier alpha value is -3.50. The van der Waals surface area contributed by atoms with Gasteiger partial charge in [-0.3, -0.25) is 4.79 Å². The zero-order valence-corrected chi connectivity index (χ0v) is 25.9. The summed E-state index contributed by atoms with van der Waals surface area (Å²) < 4.78 is 18.2. The summed E-state index contributed by atoms with van der Waals surface area (Å²) in [5.41, 5.74) is 8.00. The standard InChI is InChI=1S/C30H41N3O6Si/c1-29(2,3)38-28(36)33-22-16-24(34)25(37-7)15-21(22)26(35)32-17-19(18-10-12-20(31)13-11-18)14-23(32)27(33)39-40(8,9)30(4,5)6/h10-13,15-17,23,27,34H,14,31H2,1-9H3/t23-,27-/m0/s1. The van der Waals surface area contributed by atoms with E-state index in [1.165, 1.54) is 24.1 Å². The van der Waals surface area contributed by atoms with E-state index in [2.05, 4.69) is 33.9 Å². The van der Waals surface area contributed by atoms with E-state index >= 15 is 0 Å². The predicted molar refractivity (Wildman–Crippen MR) is 159 cm³/mol. The Morgan fingerprint density at radius 3 is 2.25 bits per heavy atom. The molecule has 0 aromatic heterocycles. The monoisotopic (exact) mass is 567 g/mol. The van der Waals surface area contributed by atoms with Gasteiger partial charge in [0.15, 0.2) is 26.0 Å². The molecule has 2 atom stereocenters. The molecule has 40 heavy (non-hydrogen) atoms. The fraction of sp³-hybridized carbons (Fsp3) is 0.467. The van der Waals surface area contributed by atoms with E-state index in [-0.39, 0.29) is 33.7 Å². The third-order valence-corrected chi connectivity index (χ3v) is 12.2. The molecule has 0 fully saturated rings. The third kappa shape index (κ3) is 5.55. The molecule has 0 spiro atoms. The third-order valence-electron chi connectivity index (χ3n) is 7.78. The first-order chi connectivity index (χ1) is 18.4. The minimum absolute atomic E-state index is 0.124. The number of nitrogens with zero attached hydrogens (tertiary/aromatic N) is 2. The summed E-state index contributed by atoms with van der Waals surface area (Å²) in [6.45, 7) is 15.9. The molecular weight excluding hydrogens is 526 g/mol. The SMILES string of the molecule is COc1cc2c(cc1O)N(C(=O)OC(C)(C)C)[C@@H](O[Si](C)(C)C(C)(C)C)[C@@H]1CC(c3ccc(N)cc3)=CN1C2=O. The van der Waals surface area contributed by atoms with Crippen molar-refractivity contribution in [1.82, 2.24) is 4.90 Å². The van der Waals surface area contributed by atoms with Gasteiger partial charge in [0.2, 0.25) is 0 Å². The molecule has 4 rings (SSSR count). The van der Waals surface area contributed by atoms with Crippen molar-refractivity contribution in [3.63, 3.8) is 0 Å². The lowest BCUT2D eigenvalue weighted by Gasteiger charge is -2.44. The fourth-order valence-corrected chi connectivity index (χ4v) is 5.86. The van der Waals surface area contributed by atoms with E-state index in [0.29, 0.717) is 12.1 Å². The normalized spacial score (nSPS) is 19.5. The summed E-state index contributed by atoms with van der Waals surface area (Å²) in [6.07, 6.45) is 0.696. The lowest BCUT2D eigenvalue weighted by atomic mass is 10.0. The molecule has 0 unspecified atom stereocenters. The van der Waals surface area contributed by atoms with E-state index < -0.39 is 32.3 Å². The highest BCUT2D eigenvalue weighted by Gasteiger charge is 2.51. The Kier molecular flexibility index (Phi) is 7.48. The summed E-state index contributed by atoms with van der Waals surface area (Å²) in [5, 5.41) is 10.6. The number of ether oxygens (including phenoxy) is 2. The number of methoxy groups -OCH3 is 1. The van der Waals surface area contributed by atoms with Crippen molar-refractivity contribution < 1.29 is 28.6 Å². The van der Waals surface area contributed by atoms with E-state index in [1.807, 2.05) is 30.5 Å². The zero-order valence-electron chi connectivity index (χ0n) is 24.9.